The lowest BCUT2D eigenvalue weighted by atomic mass is 10.1. The number of carbonyl (C=O) groups is 1. The van der Waals surface area contributed by atoms with Crippen LogP contribution in [0.25, 0.3) is 10.9 Å². The first-order valence-electron chi connectivity index (χ1n) is 12.2. The van der Waals surface area contributed by atoms with Gasteiger partial charge in [-0.3, -0.25) is 0 Å². The van der Waals surface area contributed by atoms with Crippen LogP contribution in [0.1, 0.15) is 27.2 Å². The van der Waals surface area contributed by atoms with Crippen LogP contribution in [0.3, 0.4) is 0 Å². The van der Waals surface area contributed by atoms with Crippen LogP contribution in [-0.2, 0) is 19.7 Å². The molecule has 0 bridgehead atoms. The monoisotopic (exact) mass is 526 g/mol. The molecular formula is C31H27ClN2O4. The molecule has 6 nitrogen and oxygen atoms in total. The van der Waals surface area contributed by atoms with E-state index >= 15 is 0 Å². The lowest BCUT2D eigenvalue weighted by molar-refractivity contribution is 0.0686. The normalized spacial score (nSPS) is 10.9. The number of anilines is 1. The number of nitrogens with one attached hydrogen (secondary N) is 1. The van der Waals surface area contributed by atoms with Gasteiger partial charge in [0.1, 0.15) is 23.8 Å². The standard InChI is InChI=1S/C31H27ClN2O4/c1-37-30-16-25(38-20-21-7-3-2-4-8-21)14-13-23(30)18-33-27-11-6-12-28-26(27)17-29(31(35)36)34(28)19-22-9-5-10-24(32)15-22/h2-17,33H,18-20H2,1H3,(H,35,36). The molecule has 0 aliphatic rings. The maximum Gasteiger partial charge on any atom is 0.352 e. The van der Waals surface area contributed by atoms with Crippen LogP contribution in [0, 0.1) is 0 Å². The predicted octanol–water partition coefficient (Wildman–Crippen LogP) is 7.24. The highest BCUT2D eigenvalue weighted by Crippen LogP contribution is 2.31. The van der Waals surface area contributed by atoms with Gasteiger partial charge in [-0.25, -0.2) is 4.79 Å². The summed E-state index contributed by atoms with van der Waals surface area (Å²) in [5.74, 6) is 0.447. The second kappa shape index (κ2) is 11.3. The molecule has 0 unspecified atom stereocenters. The van der Waals surface area contributed by atoms with Crippen LogP contribution in [0.15, 0.2) is 97.1 Å². The van der Waals surface area contributed by atoms with E-state index < -0.39 is 5.97 Å². The lowest BCUT2D eigenvalue weighted by Gasteiger charge is -2.14. The third kappa shape index (κ3) is 5.61. The zero-order valence-corrected chi connectivity index (χ0v) is 21.6. The molecular weight excluding hydrogens is 500 g/mol. The summed E-state index contributed by atoms with van der Waals surface area (Å²) in [6.45, 7) is 1.36. The Balaban J connectivity index is 1.37. The first kappa shape index (κ1) is 25.2. The molecule has 5 aromatic rings. The minimum atomic E-state index is -0.984. The Morgan fingerprint density at radius 3 is 2.47 bits per heavy atom. The largest absolute Gasteiger partial charge is 0.496 e. The van der Waals surface area contributed by atoms with Crippen LogP contribution < -0.4 is 14.8 Å². The number of halogens is 1. The summed E-state index contributed by atoms with van der Waals surface area (Å²) in [5.41, 5.74) is 4.84. The van der Waals surface area contributed by atoms with Gasteiger partial charge >= 0.3 is 5.97 Å². The van der Waals surface area contributed by atoms with Gasteiger partial charge in [0.25, 0.3) is 0 Å². The van der Waals surface area contributed by atoms with Gasteiger partial charge in [-0.15, -0.1) is 0 Å². The van der Waals surface area contributed by atoms with Gasteiger partial charge in [-0.2, -0.15) is 0 Å². The summed E-state index contributed by atoms with van der Waals surface area (Å²) in [7, 11) is 1.63. The van der Waals surface area contributed by atoms with Crippen LogP contribution in [-0.4, -0.2) is 22.8 Å². The number of benzene rings is 4. The SMILES string of the molecule is COc1cc(OCc2ccccc2)ccc1CNc1cccc2c1cc(C(=O)O)n2Cc1cccc(Cl)c1. The van der Waals surface area contributed by atoms with Crippen molar-refractivity contribution in [1.29, 1.82) is 0 Å². The van der Waals surface area contributed by atoms with E-state index in [1.54, 1.807) is 23.8 Å². The number of carboxylic acid groups (broad SMARTS) is 1. The van der Waals surface area contributed by atoms with Crippen molar-refractivity contribution in [3.8, 4) is 11.5 Å². The summed E-state index contributed by atoms with van der Waals surface area (Å²) >= 11 is 6.16. The predicted molar refractivity (Wildman–Crippen MR) is 151 cm³/mol. The Labute approximate surface area is 226 Å². The van der Waals surface area contributed by atoms with E-state index in [1.165, 1.54) is 0 Å². The van der Waals surface area contributed by atoms with Crippen LogP contribution in [0.2, 0.25) is 5.02 Å². The number of rotatable bonds is 10. The van der Waals surface area contributed by atoms with E-state index in [0.29, 0.717) is 30.5 Å². The minimum absolute atomic E-state index is 0.215. The quantitative estimate of drug-likeness (QED) is 0.201. The van der Waals surface area contributed by atoms with E-state index in [-0.39, 0.29) is 5.69 Å². The molecule has 1 heterocycles. The molecule has 0 fully saturated rings. The van der Waals surface area contributed by atoms with Crippen LogP contribution in [0.4, 0.5) is 5.69 Å². The van der Waals surface area contributed by atoms with Crippen LogP contribution >= 0.6 is 11.6 Å². The van der Waals surface area contributed by atoms with E-state index in [1.807, 2.05) is 84.9 Å². The molecule has 0 saturated heterocycles. The lowest BCUT2D eigenvalue weighted by Crippen LogP contribution is -2.09. The van der Waals surface area contributed by atoms with Crippen LogP contribution in [0.5, 0.6) is 11.5 Å². The van der Waals surface area contributed by atoms with E-state index in [2.05, 4.69) is 5.32 Å². The van der Waals surface area contributed by atoms with Gasteiger partial charge in [0, 0.05) is 40.8 Å². The average Bonchev–Trinajstić information content (AvgIpc) is 3.30. The number of fused-ring (bicyclic) bond motifs is 1. The highest BCUT2D eigenvalue weighted by Gasteiger charge is 2.17. The number of hydrogen-bond acceptors (Lipinski definition) is 4. The summed E-state index contributed by atoms with van der Waals surface area (Å²) < 4.78 is 13.4. The summed E-state index contributed by atoms with van der Waals surface area (Å²) in [5, 5.41) is 14.8. The Hall–Kier alpha value is -4.42. The van der Waals surface area contributed by atoms with Gasteiger partial charge < -0.3 is 24.5 Å². The third-order valence-corrected chi connectivity index (χ3v) is 6.61. The summed E-state index contributed by atoms with van der Waals surface area (Å²) in [6.07, 6.45) is 0. The van der Waals surface area contributed by atoms with Crippen molar-refractivity contribution in [2.24, 2.45) is 0 Å². The molecule has 38 heavy (non-hydrogen) atoms. The molecule has 0 aliphatic heterocycles. The highest BCUT2D eigenvalue weighted by atomic mass is 35.5. The Kier molecular flexibility index (Phi) is 7.52. The Bertz CT molecular complexity index is 1580. The molecule has 1 aromatic heterocycles. The van der Waals surface area contributed by atoms with Crippen molar-refractivity contribution >= 4 is 34.2 Å². The molecule has 4 aromatic carbocycles. The van der Waals surface area contributed by atoms with Crippen molar-refractivity contribution in [2.75, 3.05) is 12.4 Å². The zero-order valence-electron chi connectivity index (χ0n) is 20.9. The Morgan fingerprint density at radius 2 is 1.71 bits per heavy atom. The fourth-order valence-electron chi connectivity index (χ4n) is 4.50. The molecule has 0 saturated carbocycles. The second-order valence-corrected chi connectivity index (χ2v) is 9.33. The van der Waals surface area contributed by atoms with Gasteiger partial charge in [0.05, 0.1) is 12.6 Å². The maximum absolute atomic E-state index is 12.1. The molecule has 2 N–H and O–H groups in total. The highest BCUT2D eigenvalue weighted by molar-refractivity contribution is 6.30. The molecule has 0 radical (unpaired) electrons. The van der Waals surface area contributed by atoms with Crippen molar-refractivity contribution in [2.45, 2.75) is 19.7 Å². The summed E-state index contributed by atoms with van der Waals surface area (Å²) in [6, 6.07) is 30.7. The molecule has 0 atom stereocenters. The second-order valence-electron chi connectivity index (χ2n) is 8.89. The van der Waals surface area contributed by atoms with Gasteiger partial charge in [-0.1, -0.05) is 60.1 Å². The fraction of sp³-hybridized carbons (Fsp3) is 0.129. The molecule has 7 heteroatoms. The number of methoxy groups -OCH3 is 1. The number of ether oxygens (including phenoxy) is 2. The van der Waals surface area contributed by atoms with E-state index in [9.17, 15) is 9.90 Å². The third-order valence-electron chi connectivity index (χ3n) is 6.37. The van der Waals surface area contributed by atoms with Gasteiger partial charge in [0.2, 0.25) is 0 Å². The van der Waals surface area contributed by atoms with Crippen molar-refractivity contribution in [3.05, 3.63) is 124 Å². The topological polar surface area (TPSA) is 72.7 Å². The van der Waals surface area contributed by atoms with Gasteiger partial charge in [0.15, 0.2) is 0 Å². The molecule has 5 rings (SSSR count). The number of aromatic nitrogens is 1. The first-order chi connectivity index (χ1) is 18.5. The number of hydrogen-bond donors (Lipinski definition) is 2. The van der Waals surface area contributed by atoms with Crippen molar-refractivity contribution in [3.63, 3.8) is 0 Å². The van der Waals surface area contributed by atoms with Crippen molar-refractivity contribution in [1.82, 2.24) is 4.57 Å². The molecule has 192 valence electrons. The minimum Gasteiger partial charge on any atom is -0.496 e. The van der Waals surface area contributed by atoms with Crippen molar-refractivity contribution < 1.29 is 19.4 Å². The molecule has 0 spiro atoms. The number of carboxylic acids is 1. The molecule has 0 aliphatic carbocycles. The Morgan fingerprint density at radius 1 is 0.921 bits per heavy atom. The number of nitrogens with zero attached hydrogens (tertiary/aromatic N) is 1. The van der Waals surface area contributed by atoms with E-state index in [0.717, 1.165) is 39.0 Å². The van der Waals surface area contributed by atoms with Gasteiger partial charge in [-0.05, 0) is 53.6 Å². The maximum atomic E-state index is 12.1. The average molecular weight is 527 g/mol. The molecule has 0 amide bonds. The zero-order chi connectivity index (χ0) is 26.5. The fourth-order valence-corrected chi connectivity index (χ4v) is 4.71. The first-order valence-corrected chi connectivity index (χ1v) is 12.6. The summed E-state index contributed by atoms with van der Waals surface area (Å²) in [4.78, 5) is 12.1. The van der Waals surface area contributed by atoms with E-state index in [4.69, 9.17) is 21.1 Å². The number of aromatic carboxylic acids is 1. The smallest absolute Gasteiger partial charge is 0.352 e.